The molecular weight excluding hydrogens is 362 g/mol. The largest absolute Gasteiger partial charge is 0.496 e. The van der Waals surface area contributed by atoms with E-state index >= 15 is 0 Å². The van der Waals surface area contributed by atoms with Gasteiger partial charge in [-0.3, -0.25) is 9.47 Å². The third-order valence-corrected chi connectivity index (χ3v) is 6.17. The number of anilines is 1. The maximum absolute atomic E-state index is 5.75. The van der Waals surface area contributed by atoms with Gasteiger partial charge in [-0.1, -0.05) is 23.9 Å². The summed E-state index contributed by atoms with van der Waals surface area (Å²) in [6.07, 6.45) is 9.04. The number of methoxy groups -OCH3 is 2. The molecule has 0 N–H and O–H groups in total. The zero-order valence-electron chi connectivity index (χ0n) is 16.4. The molecule has 3 heterocycles. The number of rotatable bonds is 6. The summed E-state index contributed by atoms with van der Waals surface area (Å²) in [5.74, 6) is 3.21. The van der Waals surface area contributed by atoms with Crippen LogP contribution in [0.15, 0.2) is 52.2 Å². The zero-order valence-corrected chi connectivity index (χ0v) is 17.2. The van der Waals surface area contributed by atoms with E-state index in [-0.39, 0.29) is 5.54 Å². The summed E-state index contributed by atoms with van der Waals surface area (Å²) in [7, 11) is 3.45. The maximum Gasteiger partial charge on any atom is 0.219 e. The van der Waals surface area contributed by atoms with E-state index in [4.69, 9.17) is 19.2 Å². The minimum absolute atomic E-state index is 0.346. The molecule has 27 heavy (non-hydrogen) atoms. The molecule has 1 spiro atoms. The van der Waals surface area contributed by atoms with E-state index in [9.17, 15) is 0 Å². The minimum Gasteiger partial charge on any atom is -0.496 e. The highest BCUT2D eigenvalue weighted by Crippen LogP contribution is 2.55. The summed E-state index contributed by atoms with van der Waals surface area (Å²) in [5, 5.41) is 1.06. The maximum atomic E-state index is 5.75. The number of ether oxygens (including phenoxy) is 3. The number of hydrogen-bond acceptors (Lipinski definition) is 6. The van der Waals surface area contributed by atoms with E-state index < -0.39 is 0 Å². The van der Waals surface area contributed by atoms with Gasteiger partial charge in [0.2, 0.25) is 5.95 Å². The van der Waals surface area contributed by atoms with Gasteiger partial charge < -0.3 is 14.2 Å². The topological polar surface area (TPSA) is 48.8 Å². The zero-order chi connectivity index (χ0) is 19.2. The van der Waals surface area contributed by atoms with Gasteiger partial charge in [-0.15, -0.1) is 0 Å². The number of hydrogen-bond donors (Lipinski definition) is 0. The Kier molecular flexibility index (Phi) is 4.60. The van der Waals surface area contributed by atoms with E-state index in [1.807, 2.05) is 19.2 Å². The number of imidazole rings is 1. The molecule has 144 valence electrons. The number of nitrogens with zero attached hydrogens (tertiary/aromatic N) is 3. The minimum atomic E-state index is -0.346. The first-order valence-corrected chi connectivity index (χ1v) is 10.1. The van der Waals surface area contributed by atoms with Gasteiger partial charge in [0.25, 0.3) is 0 Å². The first-order chi connectivity index (χ1) is 13.1. The molecule has 2 aliphatic heterocycles. The normalized spacial score (nSPS) is 23.3. The molecule has 0 fully saturated rings. The summed E-state index contributed by atoms with van der Waals surface area (Å²) >= 11 is 1.65. The predicted octanol–water partition coefficient (Wildman–Crippen LogP) is 4.14. The second-order valence-electron chi connectivity index (χ2n) is 6.78. The average molecular weight is 388 g/mol. The van der Waals surface area contributed by atoms with Crippen molar-refractivity contribution < 1.29 is 14.2 Å². The smallest absolute Gasteiger partial charge is 0.219 e. The Bertz CT molecular complexity index is 896. The van der Waals surface area contributed by atoms with Gasteiger partial charge in [0.1, 0.15) is 16.3 Å². The molecule has 1 aliphatic carbocycles. The molecule has 1 unspecified atom stereocenters. The lowest BCUT2D eigenvalue weighted by Gasteiger charge is -2.42. The van der Waals surface area contributed by atoms with Crippen molar-refractivity contribution >= 4 is 23.4 Å². The monoisotopic (exact) mass is 387 g/mol. The molecule has 0 amide bonds. The van der Waals surface area contributed by atoms with Crippen LogP contribution in [-0.2, 0) is 14.2 Å². The summed E-state index contributed by atoms with van der Waals surface area (Å²) in [4.78, 5) is 6.95. The van der Waals surface area contributed by atoms with Crippen LogP contribution < -0.4 is 4.90 Å². The van der Waals surface area contributed by atoms with Gasteiger partial charge in [-0.2, -0.15) is 0 Å². The molecule has 1 atom stereocenters. The van der Waals surface area contributed by atoms with Crippen molar-refractivity contribution in [1.29, 1.82) is 0 Å². The Labute approximate surface area is 164 Å². The fraction of sp³-hybridized carbons (Fsp3) is 0.450. The number of aromatic nitrogens is 2. The van der Waals surface area contributed by atoms with E-state index in [1.54, 1.807) is 26.0 Å². The molecule has 1 aromatic rings. The molecule has 0 radical (unpaired) electrons. The van der Waals surface area contributed by atoms with Crippen molar-refractivity contribution in [1.82, 2.24) is 9.55 Å². The molecule has 0 saturated heterocycles. The van der Waals surface area contributed by atoms with Crippen LogP contribution in [0.4, 0.5) is 5.95 Å². The molecular formula is C20H25N3O3S. The standard InChI is InChI=1S/C20H25N3O3S/c1-6-26-12-27-16-11-21-19-22(16)18-14(3)17(25-5)13(2)10-20(18)9-7-8-15(24-4)23(19)20/h7-9,11H,6,10,12H2,1-5H3. The molecule has 7 heteroatoms. The Morgan fingerprint density at radius 2 is 2.07 bits per heavy atom. The van der Waals surface area contributed by atoms with Gasteiger partial charge in [0.15, 0.2) is 5.88 Å². The van der Waals surface area contributed by atoms with Crippen molar-refractivity contribution in [3.05, 3.63) is 47.2 Å². The van der Waals surface area contributed by atoms with Crippen molar-refractivity contribution in [2.24, 2.45) is 0 Å². The Hall–Kier alpha value is -2.12. The van der Waals surface area contributed by atoms with Crippen LogP contribution in [0.1, 0.15) is 27.2 Å². The van der Waals surface area contributed by atoms with Crippen LogP contribution >= 0.6 is 11.8 Å². The van der Waals surface area contributed by atoms with Crippen LogP contribution in [0.3, 0.4) is 0 Å². The lowest BCUT2D eigenvalue weighted by Crippen LogP contribution is -2.48. The third kappa shape index (κ3) is 2.48. The summed E-state index contributed by atoms with van der Waals surface area (Å²) in [6, 6.07) is 0. The molecule has 6 nitrogen and oxygen atoms in total. The number of allylic oxidation sites excluding steroid dienone is 3. The molecule has 0 bridgehead atoms. The van der Waals surface area contributed by atoms with Gasteiger partial charge in [0.05, 0.1) is 32.1 Å². The van der Waals surface area contributed by atoms with E-state index in [2.05, 4.69) is 35.5 Å². The van der Waals surface area contributed by atoms with E-state index in [1.165, 1.54) is 11.3 Å². The lowest BCUT2D eigenvalue weighted by atomic mass is 9.78. The van der Waals surface area contributed by atoms with Gasteiger partial charge in [0, 0.05) is 18.6 Å². The average Bonchev–Trinajstić information content (AvgIpc) is 3.17. The van der Waals surface area contributed by atoms with Crippen LogP contribution in [0.2, 0.25) is 0 Å². The van der Waals surface area contributed by atoms with Gasteiger partial charge >= 0.3 is 0 Å². The molecule has 0 saturated carbocycles. The van der Waals surface area contributed by atoms with Gasteiger partial charge in [-0.25, -0.2) is 4.98 Å². The molecule has 4 rings (SSSR count). The SMILES string of the molecule is CCOCSc1cnc2n1C1=C(C)C(OC)=C(C)CC13C=CC=C(OC)N23. The fourth-order valence-corrected chi connectivity index (χ4v) is 5.19. The quantitative estimate of drug-likeness (QED) is 0.415. The first kappa shape index (κ1) is 18.3. The number of thioether (sulfide) groups is 1. The second kappa shape index (κ2) is 6.80. The van der Waals surface area contributed by atoms with Crippen molar-refractivity contribution in [2.75, 3.05) is 31.7 Å². The van der Waals surface area contributed by atoms with Crippen molar-refractivity contribution in [3.8, 4) is 0 Å². The van der Waals surface area contributed by atoms with Crippen LogP contribution in [0.5, 0.6) is 0 Å². The van der Waals surface area contributed by atoms with E-state index in [0.29, 0.717) is 12.5 Å². The van der Waals surface area contributed by atoms with Crippen molar-refractivity contribution in [3.63, 3.8) is 0 Å². The lowest BCUT2D eigenvalue weighted by molar-refractivity contribution is 0.199. The third-order valence-electron chi connectivity index (χ3n) is 5.30. The molecule has 3 aliphatic rings. The van der Waals surface area contributed by atoms with E-state index in [0.717, 1.165) is 34.6 Å². The Morgan fingerprint density at radius 1 is 1.26 bits per heavy atom. The van der Waals surface area contributed by atoms with Crippen LogP contribution in [0, 0.1) is 0 Å². The van der Waals surface area contributed by atoms with Crippen LogP contribution in [0.25, 0.3) is 5.70 Å². The van der Waals surface area contributed by atoms with Crippen LogP contribution in [-0.4, -0.2) is 41.9 Å². The van der Waals surface area contributed by atoms with Crippen molar-refractivity contribution in [2.45, 2.75) is 37.8 Å². The molecule has 1 aromatic heterocycles. The number of fused-ring (bicyclic) bond motifs is 3. The Balaban J connectivity index is 1.93. The predicted molar refractivity (Wildman–Crippen MR) is 107 cm³/mol. The van der Waals surface area contributed by atoms with Gasteiger partial charge in [-0.05, 0) is 32.4 Å². The summed E-state index contributed by atoms with van der Waals surface area (Å²) in [5.41, 5.74) is 3.18. The molecule has 0 aromatic carbocycles. The highest BCUT2D eigenvalue weighted by molar-refractivity contribution is 7.99. The first-order valence-electron chi connectivity index (χ1n) is 9.07. The summed E-state index contributed by atoms with van der Waals surface area (Å²) in [6.45, 7) is 6.96. The highest BCUT2D eigenvalue weighted by atomic mass is 32.2. The Morgan fingerprint density at radius 3 is 2.78 bits per heavy atom. The summed E-state index contributed by atoms with van der Waals surface area (Å²) < 4.78 is 19.3. The highest BCUT2D eigenvalue weighted by Gasteiger charge is 2.54. The second-order valence-corrected chi connectivity index (χ2v) is 7.72. The fourth-order valence-electron chi connectivity index (χ4n) is 4.39.